The molecule has 0 fully saturated rings. The first-order valence-corrected chi connectivity index (χ1v) is 18.6. The first-order chi connectivity index (χ1) is 27.7. The van der Waals surface area contributed by atoms with Gasteiger partial charge in [0.25, 0.3) is 0 Å². The largest absolute Gasteiger partial charge is 0.497 e. The molecule has 0 aliphatic heterocycles. The van der Waals surface area contributed by atoms with E-state index < -0.39 is 0 Å². The lowest BCUT2D eigenvalue weighted by Gasteiger charge is -2.16. The lowest BCUT2D eigenvalue weighted by Crippen LogP contribution is -2.02. The Bertz CT molecular complexity index is 2530. The van der Waals surface area contributed by atoms with Crippen LogP contribution in [0.3, 0.4) is 0 Å². The van der Waals surface area contributed by atoms with Gasteiger partial charge in [0.05, 0.1) is 37.0 Å². The number of benzene rings is 7. The van der Waals surface area contributed by atoms with E-state index in [1.807, 2.05) is 48.5 Å². The van der Waals surface area contributed by atoms with Gasteiger partial charge >= 0.3 is 0 Å². The fourth-order valence-electron chi connectivity index (χ4n) is 7.31. The summed E-state index contributed by atoms with van der Waals surface area (Å²) in [6.45, 7) is 0. The highest BCUT2D eigenvalue weighted by molar-refractivity contribution is 5.87. The van der Waals surface area contributed by atoms with Gasteiger partial charge in [0, 0.05) is 44.8 Å². The van der Waals surface area contributed by atoms with Crippen LogP contribution in [0.1, 0.15) is 0 Å². The molecule has 0 radical (unpaired) electrons. The van der Waals surface area contributed by atoms with Gasteiger partial charge in [-0.1, -0.05) is 140 Å². The van der Waals surface area contributed by atoms with Crippen LogP contribution < -0.4 is 9.47 Å². The smallest absolute Gasteiger partial charge is 0.145 e. The molecule has 0 saturated carbocycles. The molecule has 0 spiro atoms. The van der Waals surface area contributed by atoms with Crippen LogP contribution in [0.25, 0.3) is 79.2 Å². The minimum Gasteiger partial charge on any atom is -0.497 e. The molecular formula is C50H38N4O2. The second-order valence-corrected chi connectivity index (χ2v) is 13.4. The summed E-state index contributed by atoms with van der Waals surface area (Å²) < 4.78 is 15.7. The zero-order valence-electron chi connectivity index (χ0n) is 31.1. The maximum Gasteiger partial charge on any atom is 0.145 e. The van der Waals surface area contributed by atoms with Gasteiger partial charge in [0.15, 0.2) is 0 Å². The van der Waals surface area contributed by atoms with Crippen LogP contribution >= 0.6 is 0 Å². The third kappa shape index (κ3) is 6.43. The Hall–Kier alpha value is -7.44. The third-order valence-electron chi connectivity index (χ3n) is 9.98. The van der Waals surface area contributed by atoms with Gasteiger partial charge in [-0.25, -0.2) is 9.97 Å². The van der Waals surface area contributed by atoms with Gasteiger partial charge in [-0.2, -0.15) is 0 Å². The summed E-state index contributed by atoms with van der Waals surface area (Å²) in [5, 5.41) is 0. The summed E-state index contributed by atoms with van der Waals surface area (Å²) in [6.07, 6.45) is 0. The molecule has 7 aromatic carbocycles. The number of hydrogen-bond donors (Lipinski definition) is 0. The van der Waals surface area contributed by atoms with Crippen molar-refractivity contribution in [3.63, 3.8) is 0 Å². The normalized spacial score (nSPS) is 11.0. The number of nitrogens with zero attached hydrogens (tertiary/aromatic N) is 4. The molecule has 0 amide bonds. The third-order valence-corrected chi connectivity index (χ3v) is 9.98. The maximum absolute atomic E-state index is 5.57. The fourth-order valence-corrected chi connectivity index (χ4v) is 7.31. The van der Waals surface area contributed by atoms with Gasteiger partial charge in [0.2, 0.25) is 0 Å². The Balaban J connectivity index is 1.32. The van der Waals surface area contributed by atoms with Gasteiger partial charge < -0.3 is 9.47 Å². The van der Waals surface area contributed by atoms with Crippen molar-refractivity contribution >= 4 is 0 Å². The summed E-state index contributed by atoms with van der Waals surface area (Å²) in [7, 11) is 3.38. The molecule has 2 aromatic heterocycles. The summed E-state index contributed by atoms with van der Waals surface area (Å²) in [5.74, 6) is 3.19. The zero-order valence-corrected chi connectivity index (χ0v) is 31.1. The van der Waals surface area contributed by atoms with Crippen molar-refractivity contribution in [1.82, 2.24) is 19.1 Å². The van der Waals surface area contributed by atoms with Crippen molar-refractivity contribution in [2.45, 2.75) is 0 Å². The topological polar surface area (TPSA) is 54.1 Å². The lowest BCUT2D eigenvalue weighted by molar-refractivity contribution is 0.414. The highest BCUT2D eigenvalue weighted by atomic mass is 16.5. The van der Waals surface area contributed by atoms with Crippen molar-refractivity contribution in [3.8, 4) is 90.7 Å². The number of rotatable bonds is 10. The van der Waals surface area contributed by atoms with Gasteiger partial charge in [-0.05, 0) is 54.6 Å². The SMILES string of the molecule is COc1ccc(-n2c(-c3cccc(-c4nc(-c5ccccc5)c(-c5ccccc5)n4-c4ccc(OC)cc4)c3)nc(-c3ccccc3)c2-c2ccccc2)cc1. The molecule has 270 valence electrons. The van der Waals surface area contributed by atoms with E-state index in [0.717, 1.165) is 90.7 Å². The minimum atomic E-state index is 0.788. The number of ether oxygens (including phenoxy) is 2. The first-order valence-electron chi connectivity index (χ1n) is 18.6. The molecule has 6 heteroatoms. The van der Waals surface area contributed by atoms with Crippen LogP contribution in [0, 0.1) is 0 Å². The fraction of sp³-hybridized carbons (Fsp3) is 0.0400. The van der Waals surface area contributed by atoms with Crippen LogP contribution in [0.5, 0.6) is 11.5 Å². The van der Waals surface area contributed by atoms with Gasteiger partial charge in [-0.3, -0.25) is 9.13 Å². The molecular weight excluding hydrogens is 689 g/mol. The van der Waals surface area contributed by atoms with E-state index in [-0.39, 0.29) is 0 Å². The van der Waals surface area contributed by atoms with E-state index in [2.05, 4.69) is 155 Å². The highest BCUT2D eigenvalue weighted by Crippen LogP contribution is 2.42. The maximum atomic E-state index is 5.57. The average molecular weight is 727 g/mol. The van der Waals surface area contributed by atoms with Crippen LogP contribution in [-0.2, 0) is 0 Å². The van der Waals surface area contributed by atoms with Crippen LogP contribution in [0.2, 0.25) is 0 Å². The Kier molecular flexibility index (Phi) is 9.27. The molecule has 0 N–H and O–H groups in total. The van der Waals surface area contributed by atoms with Gasteiger partial charge in [0.1, 0.15) is 23.1 Å². The summed E-state index contributed by atoms with van der Waals surface area (Å²) >= 11 is 0. The van der Waals surface area contributed by atoms with E-state index in [4.69, 9.17) is 19.4 Å². The standard InChI is InChI=1S/C50H38N4O2/c1-55-43-30-26-41(27-31-43)53-47(37-20-11-5-12-21-37)45(35-16-7-3-8-17-35)51-49(53)39-24-15-25-40(34-39)50-52-46(36-18-9-4-10-19-36)48(38-22-13-6-14-23-38)54(50)42-28-32-44(56-2)33-29-42/h3-34H,1-2H3. The summed E-state index contributed by atoms with van der Waals surface area (Å²) in [6, 6.07) is 66.6. The van der Waals surface area contributed by atoms with E-state index >= 15 is 0 Å². The molecule has 0 aliphatic carbocycles. The van der Waals surface area contributed by atoms with E-state index in [1.165, 1.54) is 0 Å². The molecule has 9 rings (SSSR count). The van der Waals surface area contributed by atoms with Crippen molar-refractivity contribution < 1.29 is 9.47 Å². The highest BCUT2D eigenvalue weighted by Gasteiger charge is 2.25. The quantitative estimate of drug-likeness (QED) is 0.141. The molecule has 9 aromatic rings. The molecule has 0 aliphatic rings. The van der Waals surface area contributed by atoms with Crippen molar-refractivity contribution in [2.24, 2.45) is 0 Å². The van der Waals surface area contributed by atoms with Crippen LogP contribution in [0.4, 0.5) is 0 Å². The Labute approximate surface area is 326 Å². The second kappa shape index (κ2) is 15.1. The van der Waals surface area contributed by atoms with E-state index in [0.29, 0.717) is 0 Å². The van der Waals surface area contributed by atoms with Crippen molar-refractivity contribution in [3.05, 3.63) is 194 Å². The predicted molar refractivity (Wildman–Crippen MR) is 226 cm³/mol. The van der Waals surface area contributed by atoms with Crippen molar-refractivity contribution in [2.75, 3.05) is 14.2 Å². The number of hydrogen-bond acceptors (Lipinski definition) is 4. The Morgan fingerprint density at radius 1 is 0.339 bits per heavy atom. The number of aromatic nitrogens is 4. The van der Waals surface area contributed by atoms with Gasteiger partial charge in [-0.15, -0.1) is 0 Å². The first kappa shape index (κ1) is 34.3. The average Bonchev–Trinajstić information content (AvgIpc) is 3.89. The number of imidazole rings is 2. The van der Waals surface area contributed by atoms with Crippen LogP contribution in [-0.4, -0.2) is 33.3 Å². The molecule has 6 nitrogen and oxygen atoms in total. The molecule has 0 bridgehead atoms. The molecule has 56 heavy (non-hydrogen) atoms. The van der Waals surface area contributed by atoms with Crippen LogP contribution in [0.15, 0.2) is 194 Å². The monoisotopic (exact) mass is 726 g/mol. The second-order valence-electron chi connectivity index (χ2n) is 13.4. The minimum absolute atomic E-state index is 0.788. The van der Waals surface area contributed by atoms with E-state index in [9.17, 15) is 0 Å². The lowest BCUT2D eigenvalue weighted by atomic mass is 10.0. The molecule has 2 heterocycles. The predicted octanol–water partition coefficient (Wildman–Crippen LogP) is 12.1. The molecule has 0 unspecified atom stereocenters. The number of methoxy groups -OCH3 is 2. The zero-order chi connectivity index (χ0) is 37.8. The Morgan fingerprint density at radius 3 is 1.00 bits per heavy atom. The molecule has 0 saturated heterocycles. The molecule has 0 atom stereocenters. The van der Waals surface area contributed by atoms with E-state index in [1.54, 1.807) is 14.2 Å². The van der Waals surface area contributed by atoms with Crippen molar-refractivity contribution in [1.29, 1.82) is 0 Å². The Morgan fingerprint density at radius 2 is 0.661 bits per heavy atom. The summed E-state index contributed by atoms with van der Waals surface area (Å²) in [5.41, 5.74) is 11.8. The summed E-state index contributed by atoms with van der Waals surface area (Å²) in [4.78, 5) is 11.0.